The summed E-state index contributed by atoms with van der Waals surface area (Å²) in [5.41, 5.74) is 2.64. The summed E-state index contributed by atoms with van der Waals surface area (Å²) in [6, 6.07) is 9.73. The SMILES string of the molecule is CCCN1CCC(NC(=NCC(c2ccc(C)cc2)N2CCOCC2)NCC)CC1. The third kappa shape index (κ3) is 6.96. The lowest BCUT2D eigenvalue weighted by Crippen LogP contribution is -2.49. The number of morpholine rings is 1. The van der Waals surface area contributed by atoms with Gasteiger partial charge in [-0.2, -0.15) is 0 Å². The number of guanidine groups is 1. The molecule has 6 nitrogen and oxygen atoms in total. The first-order valence-electron chi connectivity index (χ1n) is 11.8. The number of hydrogen-bond acceptors (Lipinski definition) is 4. The Labute approximate surface area is 183 Å². The van der Waals surface area contributed by atoms with Crippen molar-refractivity contribution in [3.8, 4) is 0 Å². The van der Waals surface area contributed by atoms with Gasteiger partial charge in [-0.25, -0.2) is 0 Å². The minimum absolute atomic E-state index is 0.288. The van der Waals surface area contributed by atoms with Crippen molar-refractivity contribution in [2.45, 2.75) is 52.1 Å². The predicted octanol–water partition coefficient (Wildman–Crippen LogP) is 2.80. The van der Waals surface area contributed by atoms with E-state index in [4.69, 9.17) is 9.73 Å². The summed E-state index contributed by atoms with van der Waals surface area (Å²) in [5, 5.41) is 7.17. The fourth-order valence-corrected chi connectivity index (χ4v) is 4.42. The lowest BCUT2D eigenvalue weighted by atomic mass is 10.0. The predicted molar refractivity (Wildman–Crippen MR) is 125 cm³/mol. The number of aryl methyl sites for hydroxylation is 1. The number of nitrogens with zero attached hydrogens (tertiary/aromatic N) is 3. The number of likely N-dealkylation sites (tertiary alicyclic amines) is 1. The smallest absolute Gasteiger partial charge is 0.191 e. The molecule has 0 amide bonds. The summed E-state index contributed by atoms with van der Waals surface area (Å²) in [5.74, 6) is 0.955. The number of piperidine rings is 1. The van der Waals surface area contributed by atoms with E-state index in [9.17, 15) is 0 Å². The van der Waals surface area contributed by atoms with Crippen LogP contribution < -0.4 is 10.6 Å². The zero-order valence-electron chi connectivity index (χ0n) is 19.2. The Morgan fingerprint density at radius 2 is 1.80 bits per heavy atom. The van der Waals surface area contributed by atoms with Crippen molar-refractivity contribution in [3.05, 3.63) is 35.4 Å². The molecule has 1 atom stereocenters. The zero-order chi connectivity index (χ0) is 21.2. The molecule has 168 valence electrons. The molecule has 1 aromatic carbocycles. The molecule has 2 aliphatic rings. The second-order valence-corrected chi connectivity index (χ2v) is 8.55. The summed E-state index contributed by atoms with van der Waals surface area (Å²) in [7, 11) is 0. The molecule has 0 radical (unpaired) electrons. The van der Waals surface area contributed by atoms with Crippen LogP contribution in [0, 0.1) is 6.92 Å². The Morgan fingerprint density at radius 3 is 2.43 bits per heavy atom. The van der Waals surface area contributed by atoms with Gasteiger partial charge in [0.1, 0.15) is 0 Å². The van der Waals surface area contributed by atoms with Crippen LogP contribution in [0.1, 0.15) is 50.3 Å². The van der Waals surface area contributed by atoms with Gasteiger partial charge in [-0.05, 0) is 45.2 Å². The van der Waals surface area contributed by atoms with Crippen LogP contribution in [0.15, 0.2) is 29.3 Å². The highest BCUT2D eigenvalue weighted by Gasteiger charge is 2.23. The van der Waals surface area contributed by atoms with Gasteiger partial charge in [-0.15, -0.1) is 0 Å². The molecule has 3 rings (SSSR count). The summed E-state index contributed by atoms with van der Waals surface area (Å²) in [6.07, 6.45) is 3.62. The Morgan fingerprint density at radius 1 is 1.10 bits per heavy atom. The van der Waals surface area contributed by atoms with Crippen LogP contribution in [0.25, 0.3) is 0 Å². The number of benzene rings is 1. The highest BCUT2D eigenvalue weighted by Crippen LogP contribution is 2.23. The van der Waals surface area contributed by atoms with E-state index in [1.54, 1.807) is 0 Å². The molecule has 2 N–H and O–H groups in total. The van der Waals surface area contributed by atoms with Crippen LogP contribution >= 0.6 is 0 Å². The molecular weight excluding hydrogens is 374 g/mol. The van der Waals surface area contributed by atoms with Crippen molar-refractivity contribution in [2.75, 3.05) is 59.0 Å². The maximum absolute atomic E-state index is 5.59. The van der Waals surface area contributed by atoms with E-state index < -0.39 is 0 Å². The van der Waals surface area contributed by atoms with Crippen molar-refractivity contribution in [1.82, 2.24) is 20.4 Å². The average molecular weight is 416 g/mol. The van der Waals surface area contributed by atoms with Crippen molar-refractivity contribution in [3.63, 3.8) is 0 Å². The molecule has 2 fully saturated rings. The van der Waals surface area contributed by atoms with E-state index in [1.807, 2.05) is 0 Å². The molecular formula is C24H41N5O. The fraction of sp³-hybridized carbons (Fsp3) is 0.708. The van der Waals surface area contributed by atoms with Crippen LogP contribution in [0.5, 0.6) is 0 Å². The van der Waals surface area contributed by atoms with Crippen LogP contribution in [0.2, 0.25) is 0 Å². The minimum Gasteiger partial charge on any atom is -0.379 e. The second-order valence-electron chi connectivity index (χ2n) is 8.55. The van der Waals surface area contributed by atoms with Gasteiger partial charge in [0.2, 0.25) is 0 Å². The summed E-state index contributed by atoms with van der Waals surface area (Å²) >= 11 is 0. The lowest BCUT2D eigenvalue weighted by molar-refractivity contribution is 0.0179. The van der Waals surface area contributed by atoms with Crippen LogP contribution in [0.3, 0.4) is 0 Å². The van der Waals surface area contributed by atoms with Crippen molar-refractivity contribution in [1.29, 1.82) is 0 Å². The minimum atomic E-state index is 0.288. The molecule has 0 bridgehead atoms. The number of rotatable bonds is 8. The Bertz CT molecular complexity index is 634. The number of ether oxygens (including phenoxy) is 1. The Balaban J connectivity index is 1.65. The van der Waals surface area contributed by atoms with E-state index in [2.05, 4.69) is 65.5 Å². The quantitative estimate of drug-likeness (QED) is 0.505. The van der Waals surface area contributed by atoms with Crippen molar-refractivity contribution >= 4 is 5.96 Å². The summed E-state index contributed by atoms with van der Waals surface area (Å²) in [6.45, 7) is 15.3. The highest BCUT2D eigenvalue weighted by molar-refractivity contribution is 5.80. The molecule has 0 aliphatic carbocycles. The first-order valence-corrected chi connectivity index (χ1v) is 11.8. The topological polar surface area (TPSA) is 52.1 Å². The average Bonchev–Trinajstić information content (AvgIpc) is 2.77. The number of aliphatic imine (C=N–C) groups is 1. The van der Waals surface area contributed by atoms with E-state index in [0.717, 1.165) is 45.4 Å². The molecule has 0 aromatic heterocycles. The molecule has 1 unspecified atom stereocenters. The van der Waals surface area contributed by atoms with Gasteiger partial charge >= 0.3 is 0 Å². The molecule has 2 saturated heterocycles. The van der Waals surface area contributed by atoms with E-state index in [0.29, 0.717) is 6.04 Å². The van der Waals surface area contributed by atoms with Crippen LogP contribution in [0.4, 0.5) is 0 Å². The van der Waals surface area contributed by atoms with E-state index in [1.165, 1.54) is 50.0 Å². The van der Waals surface area contributed by atoms with Gasteiger partial charge in [-0.3, -0.25) is 9.89 Å². The van der Waals surface area contributed by atoms with E-state index >= 15 is 0 Å². The zero-order valence-corrected chi connectivity index (χ0v) is 19.2. The molecule has 0 spiro atoms. The third-order valence-corrected chi connectivity index (χ3v) is 6.18. The fourth-order valence-electron chi connectivity index (χ4n) is 4.42. The van der Waals surface area contributed by atoms with E-state index in [-0.39, 0.29) is 6.04 Å². The molecule has 2 aliphatic heterocycles. The number of nitrogens with one attached hydrogen (secondary N) is 2. The first kappa shape index (κ1) is 23.0. The maximum Gasteiger partial charge on any atom is 0.191 e. The highest BCUT2D eigenvalue weighted by atomic mass is 16.5. The van der Waals surface area contributed by atoms with Crippen molar-refractivity contribution in [2.24, 2.45) is 4.99 Å². The van der Waals surface area contributed by atoms with Gasteiger partial charge in [0.25, 0.3) is 0 Å². The van der Waals surface area contributed by atoms with Crippen LogP contribution in [-0.2, 0) is 4.74 Å². The summed E-state index contributed by atoms with van der Waals surface area (Å²) in [4.78, 5) is 10.1. The molecule has 1 aromatic rings. The standard InChI is InChI=1S/C24H41N5O/c1-4-12-28-13-10-22(11-14-28)27-24(25-5-2)26-19-23(29-15-17-30-18-16-29)21-8-6-20(3)7-9-21/h6-9,22-23H,4-5,10-19H2,1-3H3,(H2,25,26,27). The second kappa shape index (κ2) is 12.3. The molecule has 2 heterocycles. The third-order valence-electron chi connectivity index (χ3n) is 6.18. The number of hydrogen-bond donors (Lipinski definition) is 2. The van der Waals surface area contributed by atoms with Gasteiger partial charge in [-0.1, -0.05) is 36.8 Å². The van der Waals surface area contributed by atoms with Crippen molar-refractivity contribution < 1.29 is 4.74 Å². The lowest BCUT2D eigenvalue weighted by Gasteiger charge is -2.35. The van der Waals surface area contributed by atoms with Gasteiger partial charge in [0.05, 0.1) is 25.8 Å². The molecule has 6 heteroatoms. The largest absolute Gasteiger partial charge is 0.379 e. The first-order chi connectivity index (χ1) is 14.7. The Kier molecular flexibility index (Phi) is 9.43. The van der Waals surface area contributed by atoms with Crippen LogP contribution in [-0.4, -0.2) is 80.8 Å². The molecule has 0 saturated carbocycles. The van der Waals surface area contributed by atoms with Gasteiger partial charge < -0.3 is 20.3 Å². The monoisotopic (exact) mass is 415 g/mol. The summed E-state index contributed by atoms with van der Waals surface area (Å²) < 4.78 is 5.59. The molecule has 30 heavy (non-hydrogen) atoms. The van der Waals surface area contributed by atoms with Gasteiger partial charge in [0.15, 0.2) is 5.96 Å². The normalized spacial score (nSPS) is 20.8. The Hall–Kier alpha value is -1.63. The maximum atomic E-state index is 5.59. The van der Waals surface area contributed by atoms with Gasteiger partial charge in [0, 0.05) is 38.8 Å².